The predicted molar refractivity (Wildman–Crippen MR) is 68.9 cm³/mol. The van der Waals surface area contributed by atoms with Gasteiger partial charge in [0, 0.05) is 30.6 Å². The lowest BCUT2D eigenvalue weighted by Crippen LogP contribution is -2.30. The molecule has 0 saturated heterocycles. The first-order valence-electron chi connectivity index (χ1n) is 5.84. The van der Waals surface area contributed by atoms with Gasteiger partial charge in [-0.05, 0) is 18.1 Å². The Labute approximate surface area is 104 Å². The predicted octanol–water partition coefficient (Wildman–Crippen LogP) is 1.58. The summed E-state index contributed by atoms with van der Waals surface area (Å²) in [6.45, 7) is 0.662. The van der Waals surface area contributed by atoms with Crippen molar-refractivity contribution >= 4 is 11.6 Å². The Balaban J connectivity index is 1.98. The molecule has 2 aromatic rings. The Hall–Kier alpha value is -2.36. The van der Waals surface area contributed by atoms with Crippen molar-refractivity contribution in [3.8, 4) is 0 Å². The maximum Gasteiger partial charge on any atom is 0.274 e. The summed E-state index contributed by atoms with van der Waals surface area (Å²) in [6, 6.07) is 10.6. The van der Waals surface area contributed by atoms with Crippen LogP contribution >= 0.6 is 0 Å². The van der Waals surface area contributed by atoms with E-state index in [0.717, 1.165) is 12.1 Å². The molecular formula is C14H12N2O2. The molecule has 0 spiro atoms. The molecule has 0 saturated carbocycles. The van der Waals surface area contributed by atoms with Gasteiger partial charge in [0.2, 0.25) is 0 Å². The van der Waals surface area contributed by atoms with Crippen LogP contribution in [0.4, 0.5) is 5.69 Å². The molecule has 0 atom stereocenters. The van der Waals surface area contributed by atoms with Crippen LogP contribution in [0.2, 0.25) is 0 Å². The smallest absolute Gasteiger partial charge is 0.274 e. The lowest BCUT2D eigenvalue weighted by molar-refractivity contribution is 0.0984. The minimum atomic E-state index is -0.162. The second-order valence-electron chi connectivity index (χ2n) is 4.27. The van der Waals surface area contributed by atoms with E-state index in [-0.39, 0.29) is 11.3 Å². The van der Waals surface area contributed by atoms with E-state index in [2.05, 4.69) is 4.98 Å². The van der Waals surface area contributed by atoms with Gasteiger partial charge in [0.05, 0.1) is 0 Å². The van der Waals surface area contributed by atoms with Crippen LogP contribution in [0.1, 0.15) is 16.1 Å². The van der Waals surface area contributed by atoms with Crippen molar-refractivity contribution in [2.45, 2.75) is 6.42 Å². The molecule has 0 aliphatic carbocycles. The first kappa shape index (κ1) is 10.8. The summed E-state index contributed by atoms with van der Waals surface area (Å²) in [4.78, 5) is 28.1. The quantitative estimate of drug-likeness (QED) is 0.822. The second-order valence-corrected chi connectivity index (χ2v) is 4.27. The maximum absolute atomic E-state index is 12.3. The molecule has 1 aliphatic rings. The van der Waals surface area contributed by atoms with E-state index in [1.54, 1.807) is 4.90 Å². The lowest BCUT2D eigenvalue weighted by Gasteiger charge is -2.16. The number of pyridine rings is 1. The van der Waals surface area contributed by atoms with Crippen LogP contribution < -0.4 is 10.3 Å². The third kappa shape index (κ3) is 1.72. The third-order valence-corrected chi connectivity index (χ3v) is 3.14. The van der Waals surface area contributed by atoms with Gasteiger partial charge in [-0.3, -0.25) is 9.59 Å². The maximum atomic E-state index is 12.3. The number of carbonyl (C=O) groups excluding carboxylic acids is 1. The molecule has 1 aliphatic heterocycles. The molecule has 4 heteroatoms. The van der Waals surface area contributed by atoms with Crippen molar-refractivity contribution in [3.05, 3.63) is 64.1 Å². The van der Waals surface area contributed by atoms with Gasteiger partial charge >= 0.3 is 0 Å². The van der Waals surface area contributed by atoms with Gasteiger partial charge < -0.3 is 9.88 Å². The minimum absolute atomic E-state index is 0.155. The largest absolute Gasteiger partial charge is 0.357 e. The van der Waals surface area contributed by atoms with Crippen molar-refractivity contribution in [2.24, 2.45) is 0 Å². The highest BCUT2D eigenvalue weighted by atomic mass is 16.2. The number of rotatable bonds is 1. The van der Waals surface area contributed by atoms with Crippen molar-refractivity contribution in [1.82, 2.24) is 4.98 Å². The van der Waals surface area contributed by atoms with E-state index in [9.17, 15) is 9.59 Å². The molecule has 4 nitrogen and oxygen atoms in total. The number of hydrogen-bond acceptors (Lipinski definition) is 2. The zero-order chi connectivity index (χ0) is 12.5. The van der Waals surface area contributed by atoms with E-state index in [4.69, 9.17) is 0 Å². The standard InChI is InChI=1S/C14H12N2O2/c17-11-5-7-15-12(9-11)14(18)16-8-6-10-3-1-2-4-13(10)16/h1-5,7,9H,6,8H2,(H,15,17). The number of amides is 1. The Morgan fingerprint density at radius 1 is 1.22 bits per heavy atom. The average molecular weight is 240 g/mol. The molecule has 0 unspecified atom stereocenters. The molecule has 90 valence electrons. The third-order valence-electron chi connectivity index (χ3n) is 3.14. The Bertz CT molecular complexity index is 661. The molecular weight excluding hydrogens is 228 g/mol. The number of nitrogens with zero attached hydrogens (tertiary/aromatic N) is 1. The summed E-state index contributed by atoms with van der Waals surface area (Å²) < 4.78 is 0. The van der Waals surface area contributed by atoms with Crippen LogP contribution in [0, 0.1) is 0 Å². The summed E-state index contributed by atoms with van der Waals surface area (Å²) in [6.07, 6.45) is 2.36. The first-order valence-corrected chi connectivity index (χ1v) is 5.84. The molecule has 3 rings (SSSR count). The van der Waals surface area contributed by atoms with Crippen LogP contribution in [0.5, 0.6) is 0 Å². The fourth-order valence-electron chi connectivity index (χ4n) is 2.26. The number of nitrogens with one attached hydrogen (secondary N) is 1. The van der Waals surface area contributed by atoms with Crippen molar-refractivity contribution in [3.63, 3.8) is 0 Å². The molecule has 0 bridgehead atoms. The Kier molecular flexibility index (Phi) is 2.48. The summed E-state index contributed by atoms with van der Waals surface area (Å²) in [5, 5.41) is 0. The summed E-state index contributed by atoms with van der Waals surface area (Å²) >= 11 is 0. The van der Waals surface area contributed by atoms with Crippen molar-refractivity contribution in [2.75, 3.05) is 11.4 Å². The van der Waals surface area contributed by atoms with Gasteiger partial charge in [0.25, 0.3) is 5.91 Å². The summed E-state index contributed by atoms with van der Waals surface area (Å²) in [7, 11) is 0. The Morgan fingerprint density at radius 2 is 2.06 bits per heavy atom. The zero-order valence-electron chi connectivity index (χ0n) is 9.72. The topological polar surface area (TPSA) is 53.2 Å². The highest BCUT2D eigenvalue weighted by Gasteiger charge is 2.25. The average Bonchev–Trinajstić information content (AvgIpc) is 2.82. The van der Waals surface area contributed by atoms with Gasteiger partial charge in [-0.2, -0.15) is 0 Å². The van der Waals surface area contributed by atoms with Gasteiger partial charge in [0.1, 0.15) is 5.69 Å². The number of anilines is 1. The van der Waals surface area contributed by atoms with Gasteiger partial charge in [0.15, 0.2) is 5.43 Å². The molecule has 0 radical (unpaired) electrons. The monoisotopic (exact) mass is 240 g/mol. The number of para-hydroxylation sites is 1. The summed E-state index contributed by atoms with van der Waals surface area (Å²) in [5.74, 6) is -0.155. The molecule has 0 fully saturated rings. The van der Waals surface area contributed by atoms with Crippen LogP contribution in [0.15, 0.2) is 47.4 Å². The molecule has 1 aromatic carbocycles. The number of benzene rings is 1. The normalized spacial score (nSPS) is 13.4. The number of aromatic nitrogens is 1. The van der Waals surface area contributed by atoms with Crippen LogP contribution in [0.3, 0.4) is 0 Å². The first-order chi connectivity index (χ1) is 8.75. The van der Waals surface area contributed by atoms with E-state index in [1.807, 2.05) is 24.3 Å². The lowest BCUT2D eigenvalue weighted by atomic mass is 10.2. The summed E-state index contributed by atoms with van der Waals surface area (Å²) in [5.41, 5.74) is 2.28. The van der Waals surface area contributed by atoms with Crippen LogP contribution in [-0.2, 0) is 6.42 Å². The molecule has 1 N–H and O–H groups in total. The minimum Gasteiger partial charge on any atom is -0.357 e. The van der Waals surface area contributed by atoms with Gasteiger partial charge in [-0.25, -0.2) is 0 Å². The number of aromatic amines is 1. The molecule has 18 heavy (non-hydrogen) atoms. The van der Waals surface area contributed by atoms with Gasteiger partial charge in [-0.15, -0.1) is 0 Å². The van der Waals surface area contributed by atoms with Crippen LogP contribution in [-0.4, -0.2) is 17.4 Å². The van der Waals surface area contributed by atoms with Crippen LogP contribution in [0.25, 0.3) is 0 Å². The van der Waals surface area contributed by atoms with Crippen molar-refractivity contribution in [1.29, 1.82) is 0 Å². The van der Waals surface area contributed by atoms with Gasteiger partial charge in [-0.1, -0.05) is 18.2 Å². The molecule has 2 heterocycles. The fourth-order valence-corrected chi connectivity index (χ4v) is 2.26. The fraction of sp³-hybridized carbons (Fsp3) is 0.143. The number of hydrogen-bond donors (Lipinski definition) is 1. The zero-order valence-corrected chi connectivity index (χ0v) is 9.72. The number of carbonyl (C=O) groups is 1. The van der Waals surface area contributed by atoms with Crippen molar-refractivity contribution < 1.29 is 4.79 Å². The SMILES string of the molecule is O=C(c1cc(=O)cc[nH]1)N1CCc2ccccc21. The van der Waals surface area contributed by atoms with E-state index < -0.39 is 0 Å². The number of H-pyrrole nitrogens is 1. The highest BCUT2D eigenvalue weighted by molar-refractivity contribution is 6.05. The van der Waals surface area contributed by atoms with E-state index in [0.29, 0.717) is 12.2 Å². The van der Waals surface area contributed by atoms with E-state index in [1.165, 1.54) is 23.9 Å². The van der Waals surface area contributed by atoms with E-state index >= 15 is 0 Å². The second kappa shape index (κ2) is 4.14. The Morgan fingerprint density at radius 3 is 2.89 bits per heavy atom. The molecule has 1 aromatic heterocycles. The highest BCUT2D eigenvalue weighted by Crippen LogP contribution is 2.28. The number of fused-ring (bicyclic) bond motifs is 1. The molecule has 1 amide bonds.